The van der Waals surface area contributed by atoms with E-state index in [9.17, 15) is 18.0 Å². The summed E-state index contributed by atoms with van der Waals surface area (Å²) in [5.74, 6) is -0.0556. The molecule has 9 heteroatoms. The van der Waals surface area contributed by atoms with Crippen LogP contribution in [0.25, 0.3) is 0 Å². The lowest BCUT2D eigenvalue weighted by atomic mass is 10.2. The van der Waals surface area contributed by atoms with Crippen molar-refractivity contribution >= 4 is 50.2 Å². The van der Waals surface area contributed by atoms with Gasteiger partial charge in [0.05, 0.1) is 17.2 Å². The summed E-state index contributed by atoms with van der Waals surface area (Å²) < 4.78 is 27.6. The molecule has 6 nitrogen and oxygen atoms in total. The van der Waals surface area contributed by atoms with E-state index in [1.165, 1.54) is 17.0 Å². The summed E-state index contributed by atoms with van der Waals surface area (Å²) >= 11 is 6.85. The van der Waals surface area contributed by atoms with Crippen molar-refractivity contribution in [2.45, 2.75) is 18.4 Å². The molecule has 1 saturated heterocycles. The van der Waals surface area contributed by atoms with Crippen LogP contribution in [0.4, 0.5) is 10.5 Å². The van der Waals surface area contributed by atoms with Gasteiger partial charge in [0, 0.05) is 10.7 Å². The minimum atomic E-state index is -3.74. The van der Waals surface area contributed by atoms with E-state index in [0.717, 1.165) is 17.3 Å². The van der Waals surface area contributed by atoms with E-state index in [4.69, 9.17) is 11.6 Å². The zero-order valence-electron chi connectivity index (χ0n) is 13.7. The van der Waals surface area contributed by atoms with E-state index in [0.29, 0.717) is 16.3 Å². The molecule has 1 fully saturated rings. The highest BCUT2D eigenvalue weighted by Crippen LogP contribution is 2.24. The number of halogens is 1. The van der Waals surface area contributed by atoms with Gasteiger partial charge in [0.2, 0.25) is 5.91 Å². The number of amides is 2. The van der Waals surface area contributed by atoms with Crippen molar-refractivity contribution in [2.24, 2.45) is 0 Å². The lowest BCUT2D eigenvalue weighted by molar-refractivity contribution is -0.125. The van der Waals surface area contributed by atoms with Gasteiger partial charge in [-0.05, 0) is 48.4 Å². The van der Waals surface area contributed by atoms with E-state index in [1.54, 1.807) is 37.3 Å². The fraction of sp³-hybridized carbons (Fsp3) is 0.176. The third-order valence-electron chi connectivity index (χ3n) is 3.81. The average molecular weight is 411 g/mol. The van der Waals surface area contributed by atoms with E-state index in [1.807, 2.05) is 0 Å². The molecule has 0 radical (unpaired) electrons. The van der Waals surface area contributed by atoms with Crippen LogP contribution in [0.1, 0.15) is 11.1 Å². The van der Waals surface area contributed by atoms with Crippen LogP contribution in [0.5, 0.6) is 0 Å². The van der Waals surface area contributed by atoms with E-state index in [-0.39, 0.29) is 28.3 Å². The summed E-state index contributed by atoms with van der Waals surface area (Å²) in [6.07, 6.45) is 0. The Morgan fingerprint density at radius 1 is 1.15 bits per heavy atom. The van der Waals surface area contributed by atoms with Gasteiger partial charge in [0.25, 0.3) is 15.3 Å². The topological polar surface area (TPSA) is 83.6 Å². The molecule has 26 heavy (non-hydrogen) atoms. The number of rotatable bonds is 5. The largest absolute Gasteiger partial charge is 0.289 e. The molecule has 1 aliphatic rings. The summed E-state index contributed by atoms with van der Waals surface area (Å²) in [6.45, 7) is 1.85. The third-order valence-corrected chi connectivity index (χ3v) is 6.45. The predicted molar refractivity (Wildman–Crippen MR) is 102 cm³/mol. The number of sulfonamides is 1. The van der Waals surface area contributed by atoms with Gasteiger partial charge in [-0.2, -0.15) is 0 Å². The van der Waals surface area contributed by atoms with Crippen LogP contribution in [0.2, 0.25) is 5.02 Å². The zero-order chi connectivity index (χ0) is 18.9. The summed E-state index contributed by atoms with van der Waals surface area (Å²) in [7, 11) is -3.74. The quantitative estimate of drug-likeness (QED) is 0.813. The van der Waals surface area contributed by atoms with E-state index in [2.05, 4.69) is 4.72 Å². The monoisotopic (exact) mass is 410 g/mol. The molecule has 3 rings (SSSR count). The van der Waals surface area contributed by atoms with Crippen molar-refractivity contribution in [3.8, 4) is 0 Å². The van der Waals surface area contributed by atoms with Crippen LogP contribution in [0, 0.1) is 6.92 Å². The minimum Gasteiger partial charge on any atom is -0.280 e. The maximum atomic E-state index is 12.5. The Kier molecular flexibility index (Phi) is 5.27. The lowest BCUT2D eigenvalue weighted by Gasteiger charge is -2.14. The average Bonchev–Trinajstić information content (AvgIpc) is 2.88. The number of hydrogen-bond acceptors (Lipinski definition) is 5. The molecule has 1 heterocycles. The summed E-state index contributed by atoms with van der Waals surface area (Å²) in [4.78, 5) is 24.6. The Labute approximate surface area is 160 Å². The molecule has 0 unspecified atom stereocenters. The molecule has 1 aliphatic heterocycles. The number of carbonyl (C=O) groups excluding carboxylic acids is 2. The number of imide groups is 1. The molecule has 0 saturated carbocycles. The first-order chi connectivity index (χ1) is 12.3. The van der Waals surface area contributed by atoms with Crippen LogP contribution in [-0.2, 0) is 21.4 Å². The summed E-state index contributed by atoms with van der Waals surface area (Å²) in [5, 5.41) is 0.202. The number of thioether (sulfide) groups is 1. The van der Waals surface area contributed by atoms with Gasteiger partial charge >= 0.3 is 0 Å². The molecule has 2 amide bonds. The highest BCUT2D eigenvalue weighted by Gasteiger charge is 2.29. The zero-order valence-corrected chi connectivity index (χ0v) is 16.1. The maximum absolute atomic E-state index is 12.5. The van der Waals surface area contributed by atoms with Gasteiger partial charge in [-0.25, -0.2) is 8.42 Å². The van der Waals surface area contributed by atoms with Crippen LogP contribution in [-0.4, -0.2) is 30.2 Å². The first-order valence-corrected chi connectivity index (χ1v) is 10.5. The molecule has 2 aromatic rings. The van der Waals surface area contributed by atoms with Gasteiger partial charge in [0.15, 0.2) is 0 Å². The second-order valence-electron chi connectivity index (χ2n) is 5.75. The number of nitrogens with zero attached hydrogens (tertiary/aromatic N) is 1. The first kappa shape index (κ1) is 18.8. The molecular weight excluding hydrogens is 396 g/mol. The van der Waals surface area contributed by atoms with Gasteiger partial charge in [-0.15, -0.1) is 0 Å². The van der Waals surface area contributed by atoms with Crippen molar-refractivity contribution in [3.63, 3.8) is 0 Å². The number of carbonyl (C=O) groups is 2. The second-order valence-corrected chi connectivity index (χ2v) is 8.76. The Bertz CT molecular complexity index is 959. The Hall–Kier alpha value is -2.03. The normalized spacial score (nSPS) is 14.8. The maximum Gasteiger partial charge on any atom is 0.289 e. The third kappa shape index (κ3) is 4.03. The Morgan fingerprint density at radius 2 is 1.85 bits per heavy atom. The van der Waals surface area contributed by atoms with Crippen LogP contribution >= 0.6 is 23.4 Å². The fourth-order valence-electron chi connectivity index (χ4n) is 2.52. The molecule has 0 aromatic heterocycles. The van der Waals surface area contributed by atoms with Crippen molar-refractivity contribution < 1.29 is 18.0 Å². The number of benzene rings is 2. The van der Waals surface area contributed by atoms with Gasteiger partial charge < -0.3 is 0 Å². The minimum absolute atomic E-state index is 0.149. The van der Waals surface area contributed by atoms with Gasteiger partial charge in [-0.3, -0.25) is 19.2 Å². The van der Waals surface area contributed by atoms with E-state index < -0.39 is 10.0 Å². The highest BCUT2D eigenvalue weighted by molar-refractivity contribution is 8.14. The fourth-order valence-corrected chi connectivity index (χ4v) is 4.76. The van der Waals surface area contributed by atoms with Crippen molar-refractivity contribution in [1.29, 1.82) is 0 Å². The molecule has 0 bridgehead atoms. The molecule has 1 N–H and O–H groups in total. The molecule has 2 aromatic carbocycles. The molecule has 136 valence electrons. The predicted octanol–water partition coefficient (Wildman–Crippen LogP) is 3.64. The standard InChI is InChI=1S/C17H15ClN2O4S2/c1-11-8-13(18)4-7-15(11)26(23,24)19-14-5-2-12(3-6-14)9-20-16(21)10-25-17(20)22/h2-8,19H,9-10H2,1H3. The van der Waals surface area contributed by atoms with Crippen LogP contribution in [0.15, 0.2) is 47.4 Å². The smallest absolute Gasteiger partial charge is 0.280 e. The number of nitrogens with one attached hydrogen (secondary N) is 1. The van der Waals surface area contributed by atoms with Crippen LogP contribution in [0.3, 0.4) is 0 Å². The second kappa shape index (κ2) is 7.30. The number of anilines is 1. The summed E-state index contributed by atoms with van der Waals surface area (Å²) in [6, 6.07) is 11.1. The SMILES string of the molecule is Cc1cc(Cl)ccc1S(=O)(=O)Nc1ccc(CN2C(=O)CSC2=O)cc1. The summed E-state index contributed by atoms with van der Waals surface area (Å²) in [5.41, 5.74) is 1.67. The van der Waals surface area contributed by atoms with E-state index >= 15 is 0 Å². The highest BCUT2D eigenvalue weighted by atomic mass is 35.5. The van der Waals surface area contributed by atoms with Crippen molar-refractivity contribution in [3.05, 3.63) is 58.6 Å². The van der Waals surface area contributed by atoms with Crippen LogP contribution < -0.4 is 4.72 Å². The molecule has 0 aliphatic carbocycles. The Balaban J connectivity index is 1.74. The molecular formula is C17H15ClN2O4S2. The molecule has 0 spiro atoms. The van der Waals surface area contributed by atoms with Crippen molar-refractivity contribution in [1.82, 2.24) is 4.90 Å². The molecule has 0 atom stereocenters. The lowest BCUT2D eigenvalue weighted by Crippen LogP contribution is -2.27. The number of aryl methyl sites for hydroxylation is 1. The van der Waals surface area contributed by atoms with Gasteiger partial charge in [-0.1, -0.05) is 35.5 Å². The first-order valence-electron chi connectivity index (χ1n) is 7.61. The van der Waals surface area contributed by atoms with Gasteiger partial charge in [0.1, 0.15) is 0 Å². The Morgan fingerprint density at radius 3 is 2.42 bits per heavy atom. The number of hydrogen-bond donors (Lipinski definition) is 1. The van der Waals surface area contributed by atoms with Crippen molar-refractivity contribution in [2.75, 3.05) is 10.5 Å².